The Morgan fingerprint density at radius 2 is 1.53 bits per heavy atom. The molecule has 0 radical (unpaired) electrons. The third-order valence-electron chi connectivity index (χ3n) is 18.2. The second-order valence-electron chi connectivity index (χ2n) is 21.7. The number of nitrogens with zero attached hydrogens (tertiary/aromatic N) is 4. The third-order valence-corrected chi connectivity index (χ3v) is 19.2. The minimum Gasteiger partial charge on any atom is -0.321 e. The first kappa shape index (κ1) is 37.7. The number of likely N-dealkylation sites (N-methyl/N-ethyl adjacent to an activating group) is 1. The maximum atomic E-state index is 13.6. The van der Waals surface area contributed by atoms with Crippen molar-refractivity contribution in [3.05, 3.63) is 194 Å². The number of fused-ring (bicyclic) bond motifs is 4. The normalized spacial score (nSPS) is 23.8. The summed E-state index contributed by atoms with van der Waals surface area (Å²) in [6.45, 7) is 2.91. The van der Waals surface area contributed by atoms with Crippen molar-refractivity contribution in [2.24, 2.45) is 11.0 Å². The smallest absolute Gasteiger partial charge is 0.271 e. The molecule has 9 aliphatic rings. The second kappa shape index (κ2) is 12.1. The Hall–Kier alpha value is -6.26. The van der Waals surface area contributed by atoms with Gasteiger partial charge in [0, 0.05) is 37.8 Å². The van der Waals surface area contributed by atoms with Crippen LogP contribution in [0.1, 0.15) is 118 Å². The summed E-state index contributed by atoms with van der Waals surface area (Å²) < 4.78 is 4.03. The number of nitrogens with one attached hydrogen (secondary N) is 1. The predicted octanol–water partition coefficient (Wildman–Crippen LogP) is 11.9. The molecule has 17 rings (SSSR count). The van der Waals surface area contributed by atoms with Gasteiger partial charge in [0.15, 0.2) is 0 Å². The molecular weight excluding hydrogens is 970 g/mol. The Kier molecular flexibility index (Phi) is 6.72. The van der Waals surface area contributed by atoms with E-state index in [1.807, 2.05) is 6.07 Å². The van der Waals surface area contributed by atoms with Gasteiger partial charge in [-0.05, 0) is 195 Å². The minimum atomic E-state index is -0.328. The molecule has 7 aromatic carbocycles. The molecule has 1 aromatic heterocycles. The van der Waals surface area contributed by atoms with Crippen LogP contribution in [0.2, 0.25) is 0 Å². The summed E-state index contributed by atoms with van der Waals surface area (Å²) in [5, 5.41) is 7.96. The molecule has 1 aliphatic heterocycles. The fourth-order valence-corrected chi connectivity index (χ4v) is 17.4. The molecule has 1 saturated heterocycles. The van der Waals surface area contributed by atoms with Gasteiger partial charge in [0.05, 0.1) is 49.4 Å². The van der Waals surface area contributed by atoms with Gasteiger partial charge >= 0.3 is 0 Å². The minimum absolute atomic E-state index is 0.182. The van der Waals surface area contributed by atoms with Crippen LogP contribution in [0.4, 0.5) is 0 Å². The van der Waals surface area contributed by atoms with E-state index in [1.165, 1.54) is 23.8 Å². The van der Waals surface area contributed by atoms with E-state index in [4.69, 9.17) is 4.98 Å². The molecule has 6 unspecified atom stereocenters. The molecule has 8 aliphatic carbocycles. The zero-order valence-electron chi connectivity index (χ0n) is 37.4. The van der Waals surface area contributed by atoms with Gasteiger partial charge in [-0.25, -0.2) is 10.4 Å². The second-order valence-corrected chi connectivity index (χ2v) is 23.5. The lowest BCUT2D eigenvalue weighted by atomic mass is 9.63. The van der Waals surface area contributed by atoms with E-state index in [2.05, 4.69) is 111 Å². The number of quaternary nitrogens is 1. The van der Waals surface area contributed by atoms with Gasteiger partial charge < -0.3 is 4.48 Å². The maximum absolute atomic E-state index is 13.6. The zero-order valence-corrected chi connectivity index (χ0v) is 40.6. The summed E-state index contributed by atoms with van der Waals surface area (Å²) >= 11 is 7.03. The summed E-state index contributed by atoms with van der Waals surface area (Å²) in [5.74, 6) is 2.54. The quantitative estimate of drug-likeness (QED) is 0.106. The highest BCUT2D eigenvalue weighted by molar-refractivity contribution is 9.11. The number of rotatable bonds is 5. The summed E-state index contributed by atoms with van der Waals surface area (Å²) in [6, 6.07) is 32.8. The highest BCUT2D eigenvalue weighted by Gasteiger charge is 2.62. The van der Waals surface area contributed by atoms with E-state index < -0.39 is 0 Å². The number of aryl methyl sites for hydroxylation is 1. The molecule has 6 atom stereocenters. The molecule has 326 valence electrons. The Morgan fingerprint density at radius 3 is 2.37 bits per heavy atom. The van der Waals surface area contributed by atoms with Crippen LogP contribution in [0.15, 0.2) is 110 Å². The number of hydrazone groups is 1. The molecule has 1 amide bonds. The number of halogens is 2. The van der Waals surface area contributed by atoms with Crippen molar-refractivity contribution in [1.82, 2.24) is 15.0 Å². The zero-order chi connectivity index (χ0) is 45.1. The Morgan fingerprint density at radius 1 is 0.779 bits per heavy atom. The van der Waals surface area contributed by atoms with Crippen LogP contribution in [0.25, 0.3) is 60.8 Å². The van der Waals surface area contributed by atoms with Crippen LogP contribution >= 0.6 is 31.9 Å². The van der Waals surface area contributed by atoms with Crippen LogP contribution in [0.5, 0.6) is 0 Å². The fourth-order valence-electron chi connectivity index (χ4n) is 16.1. The topological polar surface area (TPSA) is 76.3 Å². The van der Waals surface area contributed by atoms with Crippen LogP contribution in [0, 0.1) is 12.8 Å². The highest BCUT2D eigenvalue weighted by Crippen LogP contribution is 2.78. The van der Waals surface area contributed by atoms with Crippen molar-refractivity contribution in [2.75, 3.05) is 20.6 Å². The standard InChI is InChI=1S/C59H39Br2N5O2/c1-24-63-56-38(20-34(60)21-40(56)61)59(68)65(24)35-12-10-27(11-13-35)58(67)64-62-22-25-4-6-26(7-5-25)57-47-37-19-33-17-31-15-29-9-8-28-14-30-16-32-18-36(39(47)23-66(57,2)3)48-49(37)53-46(33)44(31)51-42(29)41(28)50-43(30)45(32)52(48)55(53)54(50)51/h4-13,15,18-22,30,39,47,54-55,57H,14,16-17,23H2,1-3H3/p+1/b62-22+. The third kappa shape index (κ3) is 4.27. The van der Waals surface area contributed by atoms with Crippen molar-refractivity contribution in [1.29, 1.82) is 0 Å². The van der Waals surface area contributed by atoms with Crippen molar-refractivity contribution >= 4 is 76.8 Å². The monoisotopic (exact) mass is 1010 g/mol. The largest absolute Gasteiger partial charge is 0.321 e. The van der Waals surface area contributed by atoms with Crippen molar-refractivity contribution in [2.45, 2.75) is 55.9 Å². The molecule has 1 fully saturated rings. The van der Waals surface area contributed by atoms with Crippen molar-refractivity contribution in [3.63, 3.8) is 0 Å². The molecule has 7 nitrogen and oxygen atoms in total. The first-order valence-corrected chi connectivity index (χ1v) is 25.6. The van der Waals surface area contributed by atoms with Gasteiger partial charge in [-0.1, -0.05) is 70.5 Å². The summed E-state index contributed by atoms with van der Waals surface area (Å²) in [7, 11) is 4.93. The molecule has 2 heterocycles. The molecule has 0 spiro atoms. The lowest BCUT2D eigenvalue weighted by molar-refractivity contribution is -0.909. The highest BCUT2D eigenvalue weighted by atomic mass is 79.9. The van der Waals surface area contributed by atoms with Gasteiger partial charge in [-0.2, -0.15) is 5.10 Å². The van der Waals surface area contributed by atoms with Crippen LogP contribution in [-0.4, -0.2) is 46.8 Å². The number of benzene rings is 7. The molecule has 8 aromatic rings. The number of allylic oxidation sites excluding steroid dienone is 2. The average Bonchev–Trinajstić information content (AvgIpc) is 4.12. The molecule has 68 heavy (non-hydrogen) atoms. The van der Waals surface area contributed by atoms with Crippen LogP contribution in [-0.2, 0) is 19.3 Å². The lowest BCUT2D eigenvalue weighted by Gasteiger charge is -2.39. The number of likely N-dealkylation sites (tertiary alicyclic amines) is 1. The van der Waals surface area contributed by atoms with Crippen molar-refractivity contribution < 1.29 is 9.28 Å². The summed E-state index contributed by atoms with van der Waals surface area (Å²) in [6.07, 6.45) is 5.12. The van der Waals surface area contributed by atoms with E-state index in [0.29, 0.717) is 57.6 Å². The number of carbonyl (C=O) groups is 1. The number of aromatic nitrogens is 2. The van der Waals surface area contributed by atoms with E-state index in [-0.39, 0.29) is 17.5 Å². The molecular formula is C59H40Br2N5O2+. The number of amides is 1. The van der Waals surface area contributed by atoms with Crippen LogP contribution < -0.4 is 11.0 Å². The van der Waals surface area contributed by atoms with Gasteiger partial charge in [0.1, 0.15) is 11.9 Å². The van der Waals surface area contributed by atoms with Gasteiger partial charge in [0.2, 0.25) is 0 Å². The van der Waals surface area contributed by atoms with E-state index >= 15 is 0 Å². The van der Waals surface area contributed by atoms with E-state index in [0.717, 1.165) is 32.0 Å². The number of carbonyl (C=O) groups excluding carboxylic acids is 1. The van der Waals surface area contributed by atoms with E-state index in [9.17, 15) is 9.59 Å². The van der Waals surface area contributed by atoms with Crippen LogP contribution in [0.3, 0.4) is 0 Å². The number of hydrogen-bond donors (Lipinski definition) is 1. The molecule has 1 N–H and O–H groups in total. The fraction of sp³-hybridized carbons (Fsp3) is 0.220. The Labute approximate surface area is 408 Å². The summed E-state index contributed by atoms with van der Waals surface area (Å²) in [4.78, 5) is 31.6. The lowest BCUT2D eigenvalue weighted by Crippen LogP contribution is -2.39. The molecule has 0 bridgehead atoms. The Bertz CT molecular complexity index is 4030. The first-order valence-electron chi connectivity index (χ1n) is 24.0. The summed E-state index contributed by atoms with van der Waals surface area (Å²) in [5.41, 5.74) is 34.5. The van der Waals surface area contributed by atoms with Gasteiger partial charge in [0.25, 0.3) is 11.5 Å². The molecule has 0 saturated carbocycles. The van der Waals surface area contributed by atoms with Crippen molar-refractivity contribution in [3.8, 4) is 27.9 Å². The Balaban J connectivity index is 0.711. The average molecular weight is 1010 g/mol. The van der Waals surface area contributed by atoms with Gasteiger partial charge in [-0.3, -0.25) is 14.2 Å². The maximum Gasteiger partial charge on any atom is 0.271 e. The van der Waals surface area contributed by atoms with E-state index in [1.54, 1.807) is 148 Å². The molecule has 9 heteroatoms. The van der Waals surface area contributed by atoms with Gasteiger partial charge in [-0.15, -0.1) is 0 Å². The number of hydrogen-bond acceptors (Lipinski definition) is 4. The first-order chi connectivity index (χ1) is 33.0. The predicted molar refractivity (Wildman–Crippen MR) is 274 cm³/mol. The SMILES string of the molecule is Cc1nc2c(Br)cc(Br)cc2c(=O)n1-c1ccc(C(=O)N/N=C/c2ccc(C3C4c5cc6c7c8c5-c5c(cc9c%10c5C8C5C8=C%10C(C9)Cc9ccc%10cc(c-7c5c%10c98)C6)C4C[N+]3(C)C)cc2)cc1.